The molecule has 0 spiro atoms. The van der Waals surface area contributed by atoms with Crippen LogP contribution >= 0.6 is 11.8 Å². The van der Waals surface area contributed by atoms with Crippen LogP contribution in [0, 0.1) is 11.3 Å². The van der Waals surface area contributed by atoms with Crippen LogP contribution in [0.2, 0.25) is 0 Å². The lowest BCUT2D eigenvalue weighted by molar-refractivity contribution is -0.154. The van der Waals surface area contributed by atoms with Gasteiger partial charge in [-0.3, -0.25) is 4.79 Å². The lowest BCUT2D eigenvalue weighted by Gasteiger charge is -2.51. The van der Waals surface area contributed by atoms with Crippen molar-refractivity contribution < 1.29 is 14.6 Å². The lowest BCUT2D eigenvalue weighted by atomic mass is 9.62. The number of hydrogen-bond donors (Lipinski definition) is 1. The maximum absolute atomic E-state index is 11.0. The first-order valence-corrected chi connectivity index (χ1v) is 7.74. The first-order valence-electron chi connectivity index (χ1n) is 6.69. The molecule has 0 aromatic rings. The Hall–Kier alpha value is -0.220. The normalized spacial score (nSPS) is 35.2. The summed E-state index contributed by atoms with van der Waals surface area (Å²) in [6.07, 6.45) is 1.80. The Morgan fingerprint density at radius 3 is 2.56 bits per heavy atom. The fraction of sp³-hybridized carbons (Fsp3) is 0.929. The van der Waals surface area contributed by atoms with E-state index in [9.17, 15) is 9.90 Å². The van der Waals surface area contributed by atoms with E-state index in [1.54, 1.807) is 0 Å². The Bertz CT molecular complexity index is 299. The van der Waals surface area contributed by atoms with E-state index in [1.807, 2.05) is 18.7 Å². The second kappa shape index (κ2) is 5.83. The number of hydrogen-bond acceptors (Lipinski definition) is 4. The minimum Gasteiger partial charge on any atom is -0.465 e. The molecule has 0 unspecified atom stereocenters. The SMILES string of the molecule is CCS[C@H]1CC[C@](C)(O)[C@@H](COC(C)=O)C1(C)C. The summed E-state index contributed by atoms with van der Waals surface area (Å²) in [5.74, 6) is 0.801. The molecule has 1 rings (SSSR count). The van der Waals surface area contributed by atoms with Crippen molar-refractivity contribution in [2.75, 3.05) is 12.4 Å². The first-order chi connectivity index (χ1) is 8.21. The number of esters is 1. The predicted octanol–water partition coefficient (Wildman–Crippen LogP) is 2.86. The molecule has 3 atom stereocenters. The van der Waals surface area contributed by atoms with Crippen molar-refractivity contribution in [1.82, 2.24) is 0 Å². The number of carbonyl (C=O) groups is 1. The molecule has 0 radical (unpaired) electrons. The number of aliphatic hydroxyl groups is 1. The van der Waals surface area contributed by atoms with Crippen molar-refractivity contribution in [3.05, 3.63) is 0 Å². The molecule has 1 aliphatic rings. The molecule has 0 bridgehead atoms. The molecule has 0 amide bonds. The average molecular weight is 274 g/mol. The van der Waals surface area contributed by atoms with Crippen LogP contribution in [0.1, 0.15) is 47.5 Å². The van der Waals surface area contributed by atoms with Crippen LogP contribution < -0.4 is 0 Å². The van der Waals surface area contributed by atoms with Gasteiger partial charge in [0.05, 0.1) is 12.2 Å². The number of ether oxygens (including phenoxy) is 1. The third-order valence-corrected chi connectivity index (χ3v) is 5.79. The molecule has 18 heavy (non-hydrogen) atoms. The zero-order valence-electron chi connectivity index (χ0n) is 12.2. The van der Waals surface area contributed by atoms with Gasteiger partial charge in [0.1, 0.15) is 0 Å². The highest BCUT2D eigenvalue weighted by Crippen LogP contribution is 2.50. The summed E-state index contributed by atoms with van der Waals surface area (Å²) in [6.45, 7) is 10.1. The molecule has 3 nitrogen and oxygen atoms in total. The number of rotatable bonds is 4. The molecule has 1 fully saturated rings. The second-order valence-corrected chi connectivity index (χ2v) is 7.50. The van der Waals surface area contributed by atoms with Gasteiger partial charge in [-0.25, -0.2) is 0 Å². The molecule has 1 N–H and O–H groups in total. The molecule has 0 aliphatic heterocycles. The zero-order chi connectivity index (χ0) is 14.0. The fourth-order valence-electron chi connectivity index (χ4n) is 3.09. The molecule has 0 aromatic heterocycles. The van der Waals surface area contributed by atoms with Gasteiger partial charge in [0.15, 0.2) is 0 Å². The standard InChI is InChI=1S/C14H26O3S/c1-6-18-12-7-8-14(5,16)11(13(12,3)4)9-17-10(2)15/h11-12,16H,6-9H2,1-5H3/t11-,12-,14-/m0/s1. The van der Waals surface area contributed by atoms with Gasteiger partial charge < -0.3 is 9.84 Å². The van der Waals surface area contributed by atoms with Gasteiger partial charge in [0.2, 0.25) is 0 Å². The molecule has 0 aromatic carbocycles. The van der Waals surface area contributed by atoms with Crippen LogP contribution in [0.25, 0.3) is 0 Å². The van der Waals surface area contributed by atoms with Gasteiger partial charge in [0.25, 0.3) is 0 Å². The number of carbonyl (C=O) groups excluding carboxylic acids is 1. The van der Waals surface area contributed by atoms with Crippen LogP contribution in [-0.4, -0.2) is 34.3 Å². The highest BCUT2D eigenvalue weighted by atomic mass is 32.2. The van der Waals surface area contributed by atoms with Crippen molar-refractivity contribution in [2.24, 2.45) is 11.3 Å². The van der Waals surface area contributed by atoms with Gasteiger partial charge in [-0.1, -0.05) is 20.8 Å². The van der Waals surface area contributed by atoms with E-state index >= 15 is 0 Å². The third-order valence-electron chi connectivity index (χ3n) is 4.21. The number of thioether (sulfide) groups is 1. The average Bonchev–Trinajstić information content (AvgIpc) is 2.21. The maximum Gasteiger partial charge on any atom is 0.302 e. The van der Waals surface area contributed by atoms with Gasteiger partial charge in [-0.2, -0.15) is 11.8 Å². The van der Waals surface area contributed by atoms with E-state index in [2.05, 4.69) is 20.8 Å². The third kappa shape index (κ3) is 3.41. The monoisotopic (exact) mass is 274 g/mol. The largest absolute Gasteiger partial charge is 0.465 e. The van der Waals surface area contributed by atoms with E-state index in [0.29, 0.717) is 11.9 Å². The smallest absolute Gasteiger partial charge is 0.302 e. The van der Waals surface area contributed by atoms with Gasteiger partial charge in [-0.05, 0) is 30.9 Å². The summed E-state index contributed by atoms with van der Waals surface area (Å²) >= 11 is 1.95. The summed E-state index contributed by atoms with van der Waals surface area (Å²) in [5, 5.41) is 11.1. The molecular formula is C14H26O3S. The van der Waals surface area contributed by atoms with Gasteiger partial charge in [-0.15, -0.1) is 0 Å². The van der Waals surface area contributed by atoms with E-state index in [0.717, 1.165) is 18.6 Å². The molecule has 1 aliphatic carbocycles. The van der Waals surface area contributed by atoms with Gasteiger partial charge >= 0.3 is 5.97 Å². The summed E-state index contributed by atoms with van der Waals surface area (Å²) in [7, 11) is 0. The van der Waals surface area contributed by atoms with E-state index in [1.165, 1.54) is 6.92 Å². The topological polar surface area (TPSA) is 46.5 Å². The minimum absolute atomic E-state index is 0.00769. The summed E-state index contributed by atoms with van der Waals surface area (Å²) in [6, 6.07) is 0. The van der Waals surface area contributed by atoms with E-state index in [4.69, 9.17) is 4.74 Å². The summed E-state index contributed by atoms with van der Waals surface area (Å²) in [5.41, 5.74) is -0.776. The van der Waals surface area contributed by atoms with Gasteiger partial charge in [0, 0.05) is 18.1 Å². The van der Waals surface area contributed by atoms with Crippen molar-refractivity contribution in [3.63, 3.8) is 0 Å². The van der Waals surface area contributed by atoms with E-state index in [-0.39, 0.29) is 17.3 Å². The van der Waals surface area contributed by atoms with Crippen molar-refractivity contribution in [2.45, 2.75) is 58.3 Å². The fourth-order valence-corrected chi connectivity index (χ4v) is 4.37. The molecule has 0 heterocycles. The van der Waals surface area contributed by atoms with Crippen molar-refractivity contribution in [3.8, 4) is 0 Å². The molecule has 1 saturated carbocycles. The second-order valence-electron chi connectivity index (χ2n) is 6.02. The minimum atomic E-state index is -0.746. The zero-order valence-corrected chi connectivity index (χ0v) is 13.0. The van der Waals surface area contributed by atoms with Crippen LogP contribution in [0.4, 0.5) is 0 Å². The highest BCUT2D eigenvalue weighted by molar-refractivity contribution is 7.99. The lowest BCUT2D eigenvalue weighted by Crippen LogP contribution is -2.54. The van der Waals surface area contributed by atoms with Crippen LogP contribution in [0.5, 0.6) is 0 Å². The predicted molar refractivity (Wildman–Crippen MR) is 75.7 cm³/mol. The molecular weight excluding hydrogens is 248 g/mol. The van der Waals surface area contributed by atoms with E-state index < -0.39 is 5.60 Å². The first kappa shape index (κ1) is 15.8. The Morgan fingerprint density at radius 2 is 2.06 bits per heavy atom. The molecule has 4 heteroatoms. The Labute approximate surface area is 115 Å². The Morgan fingerprint density at radius 1 is 1.44 bits per heavy atom. The van der Waals surface area contributed by atoms with Crippen molar-refractivity contribution in [1.29, 1.82) is 0 Å². The highest BCUT2D eigenvalue weighted by Gasteiger charge is 2.51. The summed E-state index contributed by atoms with van der Waals surface area (Å²) < 4.78 is 5.17. The maximum atomic E-state index is 11.0. The Balaban J connectivity index is 2.86. The summed E-state index contributed by atoms with van der Waals surface area (Å²) in [4.78, 5) is 11.0. The van der Waals surface area contributed by atoms with Crippen LogP contribution in [-0.2, 0) is 9.53 Å². The van der Waals surface area contributed by atoms with Crippen LogP contribution in [0.3, 0.4) is 0 Å². The molecule has 106 valence electrons. The van der Waals surface area contributed by atoms with Crippen LogP contribution in [0.15, 0.2) is 0 Å². The molecule has 0 saturated heterocycles. The van der Waals surface area contributed by atoms with Crippen molar-refractivity contribution >= 4 is 17.7 Å². The Kier molecular flexibility index (Phi) is 5.13. The quantitative estimate of drug-likeness (QED) is 0.801.